The molecule has 1 N–H and O–H groups in total. The van der Waals surface area contributed by atoms with Crippen molar-refractivity contribution in [2.75, 3.05) is 12.4 Å². The molecule has 0 bridgehead atoms. The molecule has 19 heavy (non-hydrogen) atoms. The van der Waals surface area contributed by atoms with Crippen molar-refractivity contribution in [3.8, 4) is 11.6 Å². The minimum Gasteiger partial charge on any atom is -0.439 e. The average Bonchev–Trinajstić information content (AvgIpc) is 2.37. The van der Waals surface area contributed by atoms with Gasteiger partial charge in [-0.15, -0.1) is 0 Å². The van der Waals surface area contributed by atoms with Crippen molar-refractivity contribution in [1.82, 2.24) is 9.97 Å². The van der Waals surface area contributed by atoms with Gasteiger partial charge < -0.3 is 10.1 Å². The third-order valence-electron chi connectivity index (χ3n) is 2.56. The molecule has 4 nitrogen and oxygen atoms in total. The number of hydrogen-bond donors (Lipinski definition) is 1. The highest BCUT2D eigenvalue weighted by molar-refractivity contribution is 9.10. The van der Waals surface area contributed by atoms with Crippen LogP contribution in [0.2, 0.25) is 0 Å². The molecule has 0 aliphatic rings. The van der Waals surface area contributed by atoms with E-state index in [4.69, 9.17) is 4.74 Å². The summed E-state index contributed by atoms with van der Waals surface area (Å²) in [5.41, 5.74) is 0.800. The van der Waals surface area contributed by atoms with Gasteiger partial charge in [-0.05, 0) is 48.0 Å². The highest BCUT2D eigenvalue weighted by Gasteiger charge is 2.11. The number of halogens is 2. The highest BCUT2D eigenvalue weighted by Crippen LogP contribution is 2.29. The Kier molecular flexibility index (Phi) is 3.99. The van der Waals surface area contributed by atoms with Crippen LogP contribution in [0.1, 0.15) is 11.4 Å². The Bertz CT molecular complexity index is 619. The van der Waals surface area contributed by atoms with Crippen LogP contribution in [0.4, 0.5) is 10.2 Å². The van der Waals surface area contributed by atoms with Crippen molar-refractivity contribution in [2.24, 2.45) is 0 Å². The molecule has 100 valence electrons. The smallest absolute Gasteiger partial charge is 0.227 e. The average molecular weight is 326 g/mol. The Balaban J connectivity index is 2.37. The molecule has 0 spiro atoms. The van der Waals surface area contributed by atoms with Gasteiger partial charge in [-0.3, -0.25) is 0 Å². The number of rotatable bonds is 3. The largest absolute Gasteiger partial charge is 0.439 e. The second-order valence-electron chi connectivity index (χ2n) is 3.98. The van der Waals surface area contributed by atoms with Gasteiger partial charge in [0, 0.05) is 7.05 Å². The predicted molar refractivity (Wildman–Crippen MR) is 75.2 cm³/mol. The first-order chi connectivity index (χ1) is 9.01. The van der Waals surface area contributed by atoms with Crippen molar-refractivity contribution in [3.05, 3.63) is 39.9 Å². The molecule has 0 saturated heterocycles. The van der Waals surface area contributed by atoms with E-state index in [0.717, 1.165) is 5.56 Å². The van der Waals surface area contributed by atoms with E-state index in [9.17, 15) is 4.39 Å². The molecular formula is C13H13BrFN3O. The Morgan fingerprint density at radius 3 is 2.63 bits per heavy atom. The van der Waals surface area contributed by atoms with Crippen molar-refractivity contribution >= 4 is 21.7 Å². The van der Waals surface area contributed by atoms with Crippen LogP contribution in [0.5, 0.6) is 11.6 Å². The minimum absolute atomic E-state index is 0.334. The summed E-state index contributed by atoms with van der Waals surface area (Å²) in [6, 6.07) is 4.45. The van der Waals surface area contributed by atoms with Gasteiger partial charge in [0.05, 0.1) is 10.0 Å². The van der Waals surface area contributed by atoms with E-state index in [0.29, 0.717) is 27.7 Å². The van der Waals surface area contributed by atoms with Gasteiger partial charge in [0.1, 0.15) is 23.2 Å². The molecule has 0 unspecified atom stereocenters. The van der Waals surface area contributed by atoms with Gasteiger partial charge in [-0.1, -0.05) is 0 Å². The van der Waals surface area contributed by atoms with E-state index in [1.54, 1.807) is 26.1 Å². The number of anilines is 1. The summed E-state index contributed by atoms with van der Waals surface area (Å²) >= 11 is 3.12. The first-order valence-corrected chi connectivity index (χ1v) is 6.46. The van der Waals surface area contributed by atoms with E-state index in [1.165, 1.54) is 6.07 Å². The molecule has 1 heterocycles. The van der Waals surface area contributed by atoms with Crippen LogP contribution in [-0.2, 0) is 0 Å². The Morgan fingerprint density at radius 1 is 1.26 bits per heavy atom. The van der Waals surface area contributed by atoms with Crippen LogP contribution >= 0.6 is 15.9 Å². The van der Waals surface area contributed by atoms with Gasteiger partial charge in [0.2, 0.25) is 5.88 Å². The third-order valence-corrected chi connectivity index (χ3v) is 3.16. The maximum absolute atomic E-state index is 13.2. The molecule has 0 amide bonds. The summed E-state index contributed by atoms with van der Waals surface area (Å²) in [7, 11) is 1.78. The van der Waals surface area contributed by atoms with Crippen LogP contribution in [0, 0.1) is 19.7 Å². The Labute approximate surface area is 119 Å². The lowest BCUT2D eigenvalue weighted by atomic mass is 10.3. The summed E-state index contributed by atoms with van der Waals surface area (Å²) in [5, 5.41) is 2.98. The van der Waals surface area contributed by atoms with E-state index in [1.807, 2.05) is 6.92 Å². The molecule has 1 aromatic carbocycles. The van der Waals surface area contributed by atoms with Gasteiger partial charge in [0.15, 0.2) is 0 Å². The number of benzene rings is 1. The first kappa shape index (κ1) is 13.7. The summed E-state index contributed by atoms with van der Waals surface area (Å²) in [6.07, 6.45) is 0. The van der Waals surface area contributed by atoms with Crippen molar-refractivity contribution in [3.63, 3.8) is 0 Å². The van der Waals surface area contributed by atoms with Crippen LogP contribution in [0.25, 0.3) is 0 Å². The zero-order valence-electron chi connectivity index (χ0n) is 10.8. The number of ether oxygens (including phenoxy) is 1. The van der Waals surface area contributed by atoms with E-state index in [2.05, 4.69) is 31.2 Å². The number of nitrogens with zero attached hydrogens (tertiary/aromatic N) is 2. The van der Waals surface area contributed by atoms with Crippen LogP contribution < -0.4 is 10.1 Å². The fourth-order valence-electron chi connectivity index (χ4n) is 1.60. The maximum atomic E-state index is 13.2. The molecule has 0 radical (unpaired) electrons. The lowest BCUT2D eigenvalue weighted by molar-refractivity contribution is 0.454. The standard InChI is InChI=1S/C13H13BrFN3O/c1-7-12(16-3)17-8(2)18-13(7)19-9-4-5-11(15)10(14)6-9/h4-6H,1-3H3,(H,16,17,18). The molecule has 0 aliphatic heterocycles. The topological polar surface area (TPSA) is 47.0 Å². The van der Waals surface area contributed by atoms with E-state index in [-0.39, 0.29) is 5.82 Å². The van der Waals surface area contributed by atoms with Crippen molar-refractivity contribution in [1.29, 1.82) is 0 Å². The Hall–Kier alpha value is -1.69. The summed E-state index contributed by atoms with van der Waals surface area (Å²) in [5.74, 6) is 1.94. The SMILES string of the molecule is CNc1nc(C)nc(Oc2ccc(F)c(Br)c2)c1C. The van der Waals surface area contributed by atoms with Crippen molar-refractivity contribution < 1.29 is 9.13 Å². The fraction of sp³-hybridized carbons (Fsp3) is 0.231. The van der Waals surface area contributed by atoms with Gasteiger partial charge in [-0.25, -0.2) is 9.37 Å². The second kappa shape index (κ2) is 5.52. The molecule has 0 saturated carbocycles. The monoisotopic (exact) mass is 325 g/mol. The van der Waals surface area contributed by atoms with E-state index < -0.39 is 0 Å². The quantitative estimate of drug-likeness (QED) is 0.931. The molecule has 0 fully saturated rings. The lowest BCUT2D eigenvalue weighted by Gasteiger charge is -2.11. The van der Waals surface area contributed by atoms with E-state index >= 15 is 0 Å². The summed E-state index contributed by atoms with van der Waals surface area (Å²) in [4.78, 5) is 8.50. The maximum Gasteiger partial charge on any atom is 0.227 e. The summed E-state index contributed by atoms with van der Waals surface area (Å²) in [6.45, 7) is 3.65. The number of aryl methyl sites for hydroxylation is 1. The summed E-state index contributed by atoms with van der Waals surface area (Å²) < 4.78 is 19.2. The molecule has 6 heteroatoms. The van der Waals surface area contributed by atoms with Gasteiger partial charge >= 0.3 is 0 Å². The zero-order chi connectivity index (χ0) is 14.0. The minimum atomic E-state index is -0.334. The number of hydrogen-bond acceptors (Lipinski definition) is 4. The molecule has 2 rings (SSSR count). The molecule has 2 aromatic rings. The molecule has 0 atom stereocenters. The van der Waals surface area contributed by atoms with Crippen molar-refractivity contribution in [2.45, 2.75) is 13.8 Å². The van der Waals surface area contributed by atoms with Crippen LogP contribution in [0.15, 0.2) is 22.7 Å². The predicted octanol–water partition coefficient (Wildman–Crippen LogP) is 3.83. The normalized spacial score (nSPS) is 10.4. The second-order valence-corrected chi connectivity index (χ2v) is 4.83. The Morgan fingerprint density at radius 2 is 2.00 bits per heavy atom. The van der Waals surface area contributed by atoms with Crippen LogP contribution in [-0.4, -0.2) is 17.0 Å². The van der Waals surface area contributed by atoms with Crippen LogP contribution in [0.3, 0.4) is 0 Å². The molecular weight excluding hydrogens is 313 g/mol. The highest BCUT2D eigenvalue weighted by atomic mass is 79.9. The third kappa shape index (κ3) is 3.01. The lowest BCUT2D eigenvalue weighted by Crippen LogP contribution is -2.03. The fourth-order valence-corrected chi connectivity index (χ4v) is 1.96. The van der Waals surface area contributed by atoms with Gasteiger partial charge in [-0.2, -0.15) is 4.98 Å². The van der Waals surface area contributed by atoms with Gasteiger partial charge in [0.25, 0.3) is 0 Å². The zero-order valence-corrected chi connectivity index (χ0v) is 12.4. The molecule has 1 aromatic heterocycles. The number of nitrogens with one attached hydrogen (secondary N) is 1. The number of aromatic nitrogens is 2. The molecule has 0 aliphatic carbocycles. The first-order valence-electron chi connectivity index (χ1n) is 5.67.